The van der Waals surface area contributed by atoms with Gasteiger partial charge in [-0.1, -0.05) is 0 Å². The Morgan fingerprint density at radius 2 is 1.95 bits per heavy atom. The molecule has 5 nitrogen and oxygen atoms in total. The molecule has 1 fully saturated rings. The van der Waals surface area contributed by atoms with Gasteiger partial charge >= 0.3 is 0 Å². The molecule has 0 N–H and O–H groups in total. The van der Waals surface area contributed by atoms with Gasteiger partial charge in [0.15, 0.2) is 5.13 Å². The van der Waals surface area contributed by atoms with E-state index in [-0.39, 0.29) is 0 Å². The first-order valence-corrected chi connectivity index (χ1v) is 9.90. The zero-order valence-corrected chi connectivity index (χ0v) is 14.4. The van der Waals surface area contributed by atoms with Crippen molar-refractivity contribution in [2.75, 3.05) is 31.1 Å². The Hall–Kier alpha value is -0.480. The van der Waals surface area contributed by atoms with E-state index in [1.165, 1.54) is 11.3 Å². The fraction of sp³-hybridized carbons (Fsp3) is 0.364. The van der Waals surface area contributed by atoms with Crippen molar-refractivity contribution in [1.29, 1.82) is 0 Å². The summed E-state index contributed by atoms with van der Waals surface area (Å²) in [6.45, 7) is 2.35. The lowest BCUT2D eigenvalue weighted by atomic mass is 10.4. The lowest BCUT2D eigenvalue weighted by molar-refractivity contribution is 0.385. The van der Waals surface area contributed by atoms with E-state index >= 15 is 0 Å². The molecule has 2 aromatic heterocycles. The van der Waals surface area contributed by atoms with Crippen LogP contribution in [0.15, 0.2) is 31.7 Å². The minimum absolute atomic E-state index is 0.395. The lowest BCUT2D eigenvalue weighted by Gasteiger charge is -2.33. The Morgan fingerprint density at radius 3 is 2.50 bits per heavy atom. The minimum atomic E-state index is -3.36. The van der Waals surface area contributed by atoms with Crippen molar-refractivity contribution in [1.82, 2.24) is 9.29 Å². The Bertz CT molecular complexity index is 676. The maximum atomic E-state index is 12.5. The Labute approximate surface area is 134 Å². The van der Waals surface area contributed by atoms with Crippen molar-refractivity contribution >= 4 is 53.8 Å². The minimum Gasteiger partial charge on any atom is -0.345 e. The van der Waals surface area contributed by atoms with Crippen LogP contribution in [0.5, 0.6) is 0 Å². The molecule has 0 unspecified atom stereocenters. The fourth-order valence-corrected chi connectivity index (χ4v) is 6.34. The molecule has 9 heteroatoms. The first-order chi connectivity index (χ1) is 9.57. The van der Waals surface area contributed by atoms with E-state index in [1.54, 1.807) is 34.0 Å². The van der Waals surface area contributed by atoms with Crippen LogP contribution in [0.4, 0.5) is 5.13 Å². The zero-order valence-electron chi connectivity index (χ0n) is 10.4. The number of aromatic nitrogens is 1. The smallest absolute Gasteiger partial charge is 0.252 e. The van der Waals surface area contributed by atoms with Crippen LogP contribution < -0.4 is 4.90 Å². The van der Waals surface area contributed by atoms with Gasteiger partial charge in [-0.3, -0.25) is 0 Å². The largest absolute Gasteiger partial charge is 0.345 e. The monoisotopic (exact) mass is 393 g/mol. The van der Waals surface area contributed by atoms with Crippen LogP contribution in [0.1, 0.15) is 0 Å². The SMILES string of the molecule is O=S(=O)(c1ccc(Br)s1)N1CCN(c2nccs2)CC1. The number of sulfonamides is 1. The summed E-state index contributed by atoms with van der Waals surface area (Å²) >= 11 is 6.14. The third-order valence-corrected chi connectivity index (χ3v) is 7.89. The van der Waals surface area contributed by atoms with Crippen molar-refractivity contribution in [2.45, 2.75) is 4.21 Å². The van der Waals surface area contributed by atoms with Crippen molar-refractivity contribution < 1.29 is 8.42 Å². The van der Waals surface area contributed by atoms with E-state index in [9.17, 15) is 8.42 Å². The molecule has 0 amide bonds. The highest BCUT2D eigenvalue weighted by atomic mass is 79.9. The third-order valence-electron chi connectivity index (χ3n) is 3.07. The summed E-state index contributed by atoms with van der Waals surface area (Å²) < 4.78 is 27.7. The number of halogens is 1. The average molecular weight is 394 g/mol. The number of hydrogen-bond acceptors (Lipinski definition) is 6. The normalized spacial score (nSPS) is 17.6. The van der Waals surface area contributed by atoms with E-state index in [0.717, 1.165) is 8.92 Å². The quantitative estimate of drug-likeness (QED) is 0.803. The molecule has 0 bridgehead atoms. The van der Waals surface area contributed by atoms with Crippen LogP contribution in [0.2, 0.25) is 0 Å². The van der Waals surface area contributed by atoms with E-state index in [0.29, 0.717) is 30.4 Å². The molecule has 0 aliphatic carbocycles. The summed E-state index contributed by atoms with van der Waals surface area (Å²) in [5.74, 6) is 0. The van der Waals surface area contributed by atoms with Crippen LogP contribution in [0.3, 0.4) is 0 Å². The number of nitrogens with zero attached hydrogens (tertiary/aromatic N) is 3. The number of thiazole rings is 1. The Morgan fingerprint density at radius 1 is 1.20 bits per heavy atom. The predicted molar refractivity (Wildman–Crippen MR) is 85.1 cm³/mol. The summed E-state index contributed by atoms with van der Waals surface area (Å²) in [6.07, 6.45) is 1.77. The fourth-order valence-electron chi connectivity index (χ4n) is 2.06. The van der Waals surface area contributed by atoms with Gasteiger partial charge in [0.25, 0.3) is 10.0 Å². The molecule has 108 valence electrons. The van der Waals surface area contributed by atoms with Gasteiger partial charge in [-0.15, -0.1) is 22.7 Å². The van der Waals surface area contributed by atoms with E-state index < -0.39 is 10.0 Å². The molecule has 0 saturated carbocycles. The predicted octanol–water partition coefficient (Wildman–Crippen LogP) is 2.48. The molecule has 3 rings (SSSR count). The molecule has 20 heavy (non-hydrogen) atoms. The van der Waals surface area contributed by atoms with E-state index in [2.05, 4.69) is 25.8 Å². The van der Waals surface area contributed by atoms with E-state index in [1.807, 2.05) is 5.38 Å². The molecule has 1 aliphatic heterocycles. The summed E-state index contributed by atoms with van der Waals surface area (Å²) in [4.78, 5) is 6.39. The molecular formula is C11H12BrN3O2S3. The van der Waals surface area contributed by atoms with E-state index in [4.69, 9.17) is 0 Å². The highest BCUT2D eigenvalue weighted by Gasteiger charge is 2.30. The average Bonchev–Trinajstić information content (AvgIpc) is 3.10. The molecule has 1 aliphatic rings. The molecule has 2 aromatic rings. The third kappa shape index (κ3) is 2.77. The molecule has 0 atom stereocenters. The molecule has 3 heterocycles. The van der Waals surface area contributed by atoms with Crippen LogP contribution in [0, 0.1) is 0 Å². The maximum Gasteiger partial charge on any atom is 0.252 e. The standard InChI is InChI=1S/C11H12BrN3O2S3/c12-9-1-2-10(19-9)20(16,17)15-6-4-14(5-7-15)11-13-3-8-18-11/h1-3,8H,4-7H2. The summed E-state index contributed by atoms with van der Waals surface area (Å²) in [5, 5.41) is 2.89. The molecule has 0 spiro atoms. The maximum absolute atomic E-state index is 12.5. The second-order valence-corrected chi connectivity index (χ2v) is 9.77. The lowest BCUT2D eigenvalue weighted by Crippen LogP contribution is -2.48. The van der Waals surface area contributed by atoms with Crippen molar-refractivity contribution in [3.63, 3.8) is 0 Å². The van der Waals surface area contributed by atoms with Gasteiger partial charge in [0.2, 0.25) is 0 Å². The molecule has 0 aromatic carbocycles. The van der Waals surface area contributed by atoms with Crippen molar-refractivity contribution in [3.8, 4) is 0 Å². The van der Waals surface area contributed by atoms with Gasteiger partial charge in [-0.2, -0.15) is 4.31 Å². The zero-order chi connectivity index (χ0) is 14.2. The molecule has 1 saturated heterocycles. The van der Waals surface area contributed by atoms with Gasteiger partial charge in [0.05, 0.1) is 3.79 Å². The summed E-state index contributed by atoms with van der Waals surface area (Å²) in [6, 6.07) is 3.42. The second kappa shape index (κ2) is 5.72. The van der Waals surface area contributed by atoms with Crippen LogP contribution in [-0.4, -0.2) is 43.9 Å². The number of anilines is 1. The van der Waals surface area contributed by atoms with Gasteiger partial charge in [-0.05, 0) is 28.1 Å². The van der Waals surface area contributed by atoms with Gasteiger partial charge < -0.3 is 4.90 Å². The van der Waals surface area contributed by atoms with Gasteiger partial charge in [0, 0.05) is 37.8 Å². The first-order valence-electron chi connectivity index (χ1n) is 5.97. The van der Waals surface area contributed by atoms with Crippen LogP contribution in [0.25, 0.3) is 0 Å². The Kier molecular flexibility index (Phi) is 4.14. The highest BCUT2D eigenvalue weighted by Crippen LogP contribution is 2.29. The number of thiophene rings is 1. The Balaban J connectivity index is 1.72. The number of piperazine rings is 1. The van der Waals surface area contributed by atoms with Crippen LogP contribution in [-0.2, 0) is 10.0 Å². The van der Waals surface area contributed by atoms with Crippen molar-refractivity contribution in [2.24, 2.45) is 0 Å². The summed E-state index contributed by atoms with van der Waals surface area (Å²) in [5.41, 5.74) is 0. The van der Waals surface area contributed by atoms with Crippen LogP contribution >= 0.6 is 38.6 Å². The topological polar surface area (TPSA) is 53.5 Å². The van der Waals surface area contributed by atoms with Crippen molar-refractivity contribution in [3.05, 3.63) is 27.5 Å². The second-order valence-electron chi connectivity index (χ2n) is 4.26. The van der Waals surface area contributed by atoms with Gasteiger partial charge in [-0.25, -0.2) is 13.4 Å². The van der Waals surface area contributed by atoms with Gasteiger partial charge in [0.1, 0.15) is 4.21 Å². The molecule has 0 radical (unpaired) electrons. The molecular weight excluding hydrogens is 382 g/mol. The summed E-state index contributed by atoms with van der Waals surface area (Å²) in [7, 11) is -3.36. The number of rotatable bonds is 3. The first kappa shape index (κ1) is 14.5. The highest BCUT2D eigenvalue weighted by molar-refractivity contribution is 9.11. The number of hydrogen-bond donors (Lipinski definition) is 0.